The molecule has 0 spiro atoms. The molecule has 2 heterocycles. The van der Waals surface area contributed by atoms with Gasteiger partial charge >= 0.3 is 6.61 Å². The number of alkyl halides is 2. The smallest absolute Gasteiger partial charge is 0.387 e. The standard InChI is InChI=1S/C22H19F2N3O3S.2ClH/c1-28-19-9-10-25-18(20(19)29-12-14-5-3-2-4-6-14)13-31-22-26-16-8-7-15(30-21(23)24)11-17(16)27-22;;/h2-11,21H,12-13H2,1H3,(H,26,27);2*1H. The number of nitrogens with one attached hydrogen (secondary N) is 1. The Hall–Kier alpha value is -2.75. The van der Waals surface area contributed by atoms with Gasteiger partial charge in [-0.2, -0.15) is 8.78 Å². The first-order chi connectivity index (χ1) is 15.1. The Morgan fingerprint density at radius 2 is 1.85 bits per heavy atom. The van der Waals surface area contributed by atoms with Gasteiger partial charge in [0.25, 0.3) is 0 Å². The average molecular weight is 516 g/mol. The number of imidazole rings is 1. The minimum absolute atomic E-state index is 0. The first-order valence-corrected chi connectivity index (χ1v) is 10.4. The van der Waals surface area contributed by atoms with E-state index in [0.717, 1.165) is 5.56 Å². The van der Waals surface area contributed by atoms with Crippen molar-refractivity contribution >= 4 is 47.6 Å². The molecule has 0 aliphatic heterocycles. The second-order valence-electron chi connectivity index (χ2n) is 6.45. The third-order valence-corrected chi connectivity index (χ3v) is 5.28. The van der Waals surface area contributed by atoms with Crippen LogP contribution >= 0.6 is 36.6 Å². The first kappa shape index (κ1) is 26.5. The molecule has 0 atom stereocenters. The summed E-state index contributed by atoms with van der Waals surface area (Å²) in [6, 6.07) is 16.2. The molecule has 0 fully saturated rings. The summed E-state index contributed by atoms with van der Waals surface area (Å²) in [5, 5.41) is 0.628. The van der Waals surface area contributed by atoms with Crippen LogP contribution in [0.4, 0.5) is 8.78 Å². The van der Waals surface area contributed by atoms with Crippen LogP contribution < -0.4 is 14.2 Å². The highest BCUT2D eigenvalue weighted by Gasteiger charge is 2.15. The number of fused-ring (bicyclic) bond motifs is 1. The summed E-state index contributed by atoms with van der Waals surface area (Å²) in [6.07, 6.45) is 1.66. The van der Waals surface area contributed by atoms with Gasteiger partial charge in [-0.3, -0.25) is 4.98 Å². The summed E-state index contributed by atoms with van der Waals surface area (Å²) >= 11 is 1.42. The molecule has 0 aliphatic rings. The third-order valence-electron chi connectivity index (χ3n) is 4.39. The van der Waals surface area contributed by atoms with E-state index in [2.05, 4.69) is 19.7 Å². The molecule has 0 saturated carbocycles. The van der Waals surface area contributed by atoms with Crippen molar-refractivity contribution in [3.05, 3.63) is 72.1 Å². The Morgan fingerprint density at radius 1 is 1.06 bits per heavy atom. The van der Waals surface area contributed by atoms with Crippen LogP contribution in [0.5, 0.6) is 17.2 Å². The number of aromatic nitrogens is 3. The van der Waals surface area contributed by atoms with E-state index >= 15 is 0 Å². The van der Waals surface area contributed by atoms with Crippen LogP contribution in [-0.2, 0) is 12.4 Å². The molecule has 33 heavy (non-hydrogen) atoms. The van der Waals surface area contributed by atoms with Gasteiger partial charge in [0.15, 0.2) is 16.7 Å². The number of H-pyrrole nitrogens is 1. The van der Waals surface area contributed by atoms with E-state index in [1.54, 1.807) is 25.4 Å². The number of rotatable bonds is 9. The zero-order chi connectivity index (χ0) is 21.6. The Morgan fingerprint density at radius 3 is 2.58 bits per heavy atom. The molecule has 0 aliphatic carbocycles. The van der Waals surface area contributed by atoms with Crippen LogP contribution in [-0.4, -0.2) is 28.7 Å². The fourth-order valence-corrected chi connectivity index (χ4v) is 3.79. The minimum atomic E-state index is -2.87. The zero-order valence-corrected chi connectivity index (χ0v) is 19.8. The van der Waals surface area contributed by atoms with Gasteiger partial charge in [-0.25, -0.2) is 4.98 Å². The number of hydrogen-bond donors (Lipinski definition) is 1. The van der Waals surface area contributed by atoms with E-state index in [1.165, 1.54) is 23.9 Å². The molecule has 176 valence electrons. The molecule has 0 bridgehead atoms. The van der Waals surface area contributed by atoms with E-state index in [1.807, 2.05) is 30.3 Å². The van der Waals surface area contributed by atoms with Crippen molar-refractivity contribution in [2.75, 3.05) is 7.11 Å². The first-order valence-electron chi connectivity index (χ1n) is 9.38. The second kappa shape index (κ2) is 12.5. The number of pyridine rings is 1. The molecule has 1 N–H and O–H groups in total. The molecule has 0 radical (unpaired) electrons. The quantitative estimate of drug-likeness (QED) is 0.264. The van der Waals surface area contributed by atoms with Crippen LogP contribution in [0.1, 0.15) is 11.3 Å². The molecule has 0 saturated heterocycles. The molecule has 2 aromatic heterocycles. The molecule has 0 amide bonds. The van der Waals surface area contributed by atoms with Crippen molar-refractivity contribution < 1.29 is 23.0 Å². The van der Waals surface area contributed by atoms with Gasteiger partial charge in [0.05, 0.1) is 23.8 Å². The second-order valence-corrected chi connectivity index (χ2v) is 7.42. The van der Waals surface area contributed by atoms with Crippen molar-refractivity contribution in [1.82, 2.24) is 15.0 Å². The zero-order valence-electron chi connectivity index (χ0n) is 17.4. The predicted molar refractivity (Wildman–Crippen MR) is 128 cm³/mol. The van der Waals surface area contributed by atoms with E-state index < -0.39 is 6.61 Å². The SMILES string of the molecule is COc1ccnc(CSc2nc3ccc(OC(F)F)cc3[nH]2)c1OCc1ccccc1.Cl.Cl. The van der Waals surface area contributed by atoms with Crippen molar-refractivity contribution in [3.63, 3.8) is 0 Å². The maximum Gasteiger partial charge on any atom is 0.387 e. The van der Waals surface area contributed by atoms with Crippen molar-refractivity contribution in [1.29, 1.82) is 0 Å². The minimum Gasteiger partial charge on any atom is -0.493 e. The summed E-state index contributed by atoms with van der Waals surface area (Å²) in [7, 11) is 1.58. The Kier molecular flexibility index (Phi) is 10.0. The van der Waals surface area contributed by atoms with Crippen LogP contribution in [0.15, 0.2) is 66.0 Å². The normalized spacial score (nSPS) is 10.4. The van der Waals surface area contributed by atoms with Crippen LogP contribution in [0.2, 0.25) is 0 Å². The van der Waals surface area contributed by atoms with E-state index in [4.69, 9.17) is 9.47 Å². The fourth-order valence-electron chi connectivity index (χ4n) is 2.97. The highest BCUT2D eigenvalue weighted by atomic mass is 35.5. The molecular weight excluding hydrogens is 495 g/mol. The van der Waals surface area contributed by atoms with Gasteiger partial charge in [-0.15, -0.1) is 24.8 Å². The van der Waals surface area contributed by atoms with E-state index in [0.29, 0.717) is 45.7 Å². The summed E-state index contributed by atoms with van der Waals surface area (Å²) in [6.45, 7) is -2.49. The number of thioether (sulfide) groups is 1. The van der Waals surface area contributed by atoms with Gasteiger partial charge in [0, 0.05) is 24.1 Å². The molecule has 6 nitrogen and oxygen atoms in total. The van der Waals surface area contributed by atoms with E-state index in [9.17, 15) is 8.78 Å². The molecular formula is C22H21Cl2F2N3O3S. The number of methoxy groups -OCH3 is 1. The number of aromatic amines is 1. The lowest BCUT2D eigenvalue weighted by molar-refractivity contribution is -0.0497. The maximum atomic E-state index is 12.4. The predicted octanol–water partition coefficient (Wildman–Crippen LogP) is 6.28. The van der Waals surface area contributed by atoms with Crippen molar-refractivity contribution in [3.8, 4) is 17.2 Å². The largest absolute Gasteiger partial charge is 0.493 e. The lowest BCUT2D eigenvalue weighted by Gasteiger charge is -2.14. The molecule has 4 aromatic rings. The van der Waals surface area contributed by atoms with Gasteiger partial charge in [-0.1, -0.05) is 42.1 Å². The monoisotopic (exact) mass is 515 g/mol. The number of hydrogen-bond acceptors (Lipinski definition) is 6. The van der Waals surface area contributed by atoms with Crippen molar-refractivity contribution in [2.24, 2.45) is 0 Å². The number of halogens is 4. The third kappa shape index (κ3) is 6.86. The summed E-state index contributed by atoms with van der Waals surface area (Å²) < 4.78 is 40.8. The van der Waals surface area contributed by atoms with Gasteiger partial charge in [0.2, 0.25) is 0 Å². The molecule has 2 aromatic carbocycles. The topological polar surface area (TPSA) is 69.3 Å². The maximum absolute atomic E-state index is 12.4. The highest BCUT2D eigenvalue weighted by Crippen LogP contribution is 2.34. The Labute approximate surface area is 205 Å². The van der Waals surface area contributed by atoms with E-state index in [-0.39, 0.29) is 30.6 Å². The summed E-state index contributed by atoms with van der Waals surface area (Å²) in [4.78, 5) is 12.0. The number of nitrogens with zero attached hydrogens (tertiary/aromatic N) is 2. The van der Waals surface area contributed by atoms with Crippen LogP contribution in [0.3, 0.4) is 0 Å². The lowest BCUT2D eigenvalue weighted by atomic mass is 10.2. The summed E-state index contributed by atoms with van der Waals surface area (Å²) in [5.74, 6) is 1.72. The Balaban J connectivity index is 0.00000193. The molecule has 0 unspecified atom stereocenters. The number of benzene rings is 2. The summed E-state index contributed by atoms with van der Waals surface area (Å²) in [5.41, 5.74) is 3.01. The Bertz CT molecular complexity index is 1170. The van der Waals surface area contributed by atoms with Gasteiger partial charge in [-0.05, 0) is 17.7 Å². The lowest BCUT2D eigenvalue weighted by Crippen LogP contribution is -2.02. The average Bonchev–Trinajstić information content (AvgIpc) is 3.18. The van der Waals surface area contributed by atoms with Crippen LogP contribution in [0, 0.1) is 0 Å². The molecule has 11 heteroatoms. The molecule has 4 rings (SSSR count). The van der Waals surface area contributed by atoms with Crippen molar-refractivity contribution in [2.45, 2.75) is 24.1 Å². The highest BCUT2D eigenvalue weighted by molar-refractivity contribution is 7.98. The fraction of sp³-hybridized carbons (Fsp3) is 0.182. The van der Waals surface area contributed by atoms with Gasteiger partial charge < -0.3 is 19.2 Å². The van der Waals surface area contributed by atoms with Gasteiger partial charge in [0.1, 0.15) is 12.4 Å². The number of ether oxygens (including phenoxy) is 3. The van der Waals surface area contributed by atoms with Crippen LogP contribution in [0.25, 0.3) is 11.0 Å².